The van der Waals surface area contributed by atoms with E-state index in [9.17, 15) is 13.6 Å². The average Bonchev–Trinajstić information content (AvgIpc) is 3.44. The Morgan fingerprint density at radius 1 is 0.970 bits per heavy atom. The summed E-state index contributed by atoms with van der Waals surface area (Å²) < 4.78 is 40.8. The number of carbonyl (C=O) groups is 1. The molecule has 0 aliphatic heterocycles. The molecule has 0 unspecified atom stereocenters. The van der Waals surface area contributed by atoms with Gasteiger partial charge in [-0.3, -0.25) is 0 Å². The van der Waals surface area contributed by atoms with Crippen molar-refractivity contribution in [2.75, 3.05) is 6.61 Å². The van der Waals surface area contributed by atoms with E-state index in [4.69, 9.17) is 9.84 Å². The van der Waals surface area contributed by atoms with Crippen LogP contribution in [0.4, 0.5) is 8.78 Å². The van der Waals surface area contributed by atoms with Crippen LogP contribution >= 0.6 is 68.2 Å². The lowest BCUT2D eigenvalue weighted by atomic mass is 10.1. The second kappa shape index (κ2) is 12.2. The molecule has 4 rings (SSSR count). The van der Waals surface area contributed by atoms with E-state index in [1.807, 2.05) is 22.6 Å². The summed E-state index contributed by atoms with van der Waals surface area (Å²) >= 11 is 6.56. The summed E-state index contributed by atoms with van der Waals surface area (Å²) in [5, 5.41) is 12.6. The highest BCUT2D eigenvalue weighted by molar-refractivity contribution is 14.1. The van der Waals surface area contributed by atoms with Gasteiger partial charge in [-0.15, -0.1) is 0 Å². The molecule has 1 N–H and O–H groups in total. The fourth-order valence-corrected chi connectivity index (χ4v) is 5.56. The lowest BCUT2D eigenvalue weighted by Crippen LogP contribution is -2.05. The first-order valence-corrected chi connectivity index (χ1v) is 13.2. The molecule has 0 atom stereocenters. The molecule has 2 aromatic heterocycles. The molecule has 2 aromatic carbocycles. The van der Waals surface area contributed by atoms with Crippen LogP contribution in [0.15, 0.2) is 47.2 Å². The van der Waals surface area contributed by atoms with Crippen molar-refractivity contribution in [3.05, 3.63) is 77.1 Å². The molecular formula is C22H16F2I2N2O3S2. The number of hydrogen-bond acceptors (Lipinski definition) is 7. The van der Waals surface area contributed by atoms with Gasteiger partial charge in [-0.05, 0) is 112 Å². The van der Waals surface area contributed by atoms with Gasteiger partial charge in [0.25, 0.3) is 0 Å². The minimum Gasteiger partial charge on any atom is -0.462 e. The van der Waals surface area contributed by atoms with Crippen LogP contribution in [0.25, 0.3) is 22.5 Å². The molecule has 0 fully saturated rings. The second-order valence-electron chi connectivity index (χ2n) is 6.39. The molecule has 0 spiro atoms. The van der Waals surface area contributed by atoms with Crippen molar-refractivity contribution in [2.24, 2.45) is 0 Å². The Labute approximate surface area is 224 Å². The molecule has 2 heterocycles. The Balaban J connectivity index is 0.000000189. The minimum atomic E-state index is -0.402. The molecule has 0 saturated carbocycles. The van der Waals surface area contributed by atoms with Crippen LogP contribution in [-0.2, 0) is 11.3 Å². The van der Waals surface area contributed by atoms with Crippen LogP contribution in [0.2, 0.25) is 0 Å². The molecule has 33 heavy (non-hydrogen) atoms. The van der Waals surface area contributed by atoms with Crippen molar-refractivity contribution < 1.29 is 23.4 Å². The number of esters is 1. The minimum absolute atomic E-state index is 0.0424. The molecule has 0 saturated heterocycles. The molecule has 0 bridgehead atoms. The monoisotopic (exact) mass is 712 g/mol. The number of ether oxygens (including phenoxy) is 1. The summed E-state index contributed by atoms with van der Waals surface area (Å²) in [5.41, 5.74) is 4.09. The maximum Gasteiger partial charge on any atom is 0.341 e. The first kappa shape index (κ1) is 26.1. The first-order chi connectivity index (χ1) is 15.8. The fraction of sp³-hybridized carbons (Fsp3) is 0.136. The van der Waals surface area contributed by atoms with Crippen molar-refractivity contribution in [3.63, 3.8) is 0 Å². The number of halogens is 4. The van der Waals surface area contributed by atoms with E-state index in [1.165, 1.54) is 47.3 Å². The predicted octanol–water partition coefficient (Wildman–Crippen LogP) is 6.78. The van der Waals surface area contributed by atoms with E-state index in [1.54, 1.807) is 29.8 Å². The fourth-order valence-electron chi connectivity index (χ4n) is 2.74. The summed E-state index contributed by atoms with van der Waals surface area (Å²) in [7, 11) is 0. The van der Waals surface area contributed by atoms with Crippen LogP contribution in [0.3, 0.4) is 0 Å². The van der Waals surface area contributed by atoms with Crippen molar-refractivity contribution in [1.29, 1.82) is 0 Å². The largest absolute Gasteiger partial charge is 0.462 e. The van der Waals surface area contributed by atoms with E-state index in [2.05, 4.69) is 31.3 Å². The number of nitrogens with zero attached hydrogens (tertiary/aromatic N) is 2. The van der Waals surface area contributed by atoms with Crippen LogP contribution in [0.1, 0.15) is 22.8 Å². The van der Waals surface area contributed by atoms with Gasteiger partial charge >= 0.3 is 5.97 Å². The molecule has 11 heteroatoms. The lowest BCUT2D eigenvalue weighted by Gasteiger charge is -2.05. The second-order valence-corrected chi connectivity index (χ2v) is 9.97. The van der Waals surface area contributed by atoms with Gasteiger partial charge in [-0.1, -0.05) is 0 Å². The smallest absolute Gasteiger partial charge is 0.341 e. The zero-order valence-corrected chi connectivity index (χ0v) is 23.0. The topological polar surface area (TPSA) is 72.3 Å². The Hall–Kier alpha value is -1.55. The zero-order valence-electron chi connectivity index (χ0n) is 17.0. The zero-order chi connectivity index (χ0) is 24.0. The van der Waals surface area contributed by atoms with Gasteiger partial charge in [-0.2, -0.15) is 8.75 Å². The summed E-state index contributed by atoms with van der Waals surface area (Å²) in [4.78, 5) is 11.7. The number of aliphatic hydroxyl groups excluding tert-OH is 1. The molecular weight excluding hydrogens is 696 g/mol. The molecule has 5 nitrogen and oxygen atoms in total. The van der Waals surface area contributed by atoms with Crippen molar-refractivity contribution in [2.45, 2.75) is 13.5 Å². The van der Waals surface area contributed by atoms with Gasteiger partial charge in [0.15, 0.2) is 0 Å². The summed E-state index contributed by atoms with van der Waals surface area (Å²) in [6, 6.07) is 8.92. The van der Waals surface area contributed by atoms with Crippen LogP contribution in [0.5, 0.6) is 0 Å². The van der Waals surface area contributed by atoms with Crippen molar-refractivity contribution in [1.82, 2.24) is 8.75 Å². The SMILES string of the molecule is CCOC(=O)c1csnc1-c1ccc(F)cc1I.OCc1csnc1-c1ccc(F)cc1I. The predicted molar refractivity (Wildman–Crippen MR) is 142 cm³/mol. The average molecular weight is 712 g/mol. The van der Waals surface area contributed by atoms with Crippen LogP contribution < -0.4 is 0 Å². The lowest BCUT2D eigenvalue weighted by molar-refractivity contribution is 0.0527. The standard InChI is InChI=1S/C12H9FINO2S.C10H7FINOS/c1-2-17-12(16)9-6-18-15-11(9)8-4-3-7(13)5-10(8)14;11-7-1-2-8(9(12)3-7)10-6(4-14)5-15-13-10/h3-6H,2H2,1H3;1-3,5,14H,4H2. The highest BCUT2D eigenvalue weighted by Crippen LogP contribution is 2.30. The third-order valence-corrected chi connectivity index (χ3v) is 7.34. The van der Waals surface area contributed by atoms with Gasteiger partial charge in [0, 0.05) is 34.6 Å². The van der Waals surface area contributed by atoms with Crippen LogP contribution in [-0.4, -0.2) is 26.4 Å². The molecule has 0 aliphatic rings. The van der Waals surface area contributed by atoms with E-state index in [0.29, 0.717) is 21.4 Å². The quantitative estimate of drug-likeness (QED) is 0.183. The Bertz CT molecular complexity index is 1260. The maximum atomic E-state index is 13.1. The number of benzene rings is 2. The molecule has 0 aliphatic carbocycles. The first-order valence-electron chi connectivity index (χ1n) is 9.42. The Morgan fingerprint density at radius 2 is 1.52 bits per heavy atom. The molecule has 0 radical (unpaired) electrons. The van der Waals surface area contributed by atoms with E-state index in [-0.39, 0.29) is 18.2 Å². The summed E-state index contributed by atoms with van der Waals surface area (Å²) in [5.74, 6) is -0.971. The number of rotatable bonds is 5. The van der Waals surface area contributed by atoms with Crippen LogP contribution in [0, 0.1) is 18.8 Å². The normalized spacial score (nSPS) is 10.5. The van der Waals surface area contributed by atoms with Gasteiger partial charge in [0.05, 0.1) is 30.2 Å². The van der Waals surface area contributed by atoms with Gasteiger partial charge < -0.3 is 9.84 Å². The highest BCUT2D eigenvalue weighted by atomic mass is 127. The maximum absolute atomic E-state index is 13.1. The highest BCUT2D eigenvalue weighted by Gasteiger charge is 2.18. The number of carbonyl (C=O) groups excluding carboxylic acids is 1. The van der Waals surface area contributed by atoms with Crippen molar-refractivity contribution >= 4 is 74.2 Å². The van der Waals surface area contributed by atoms with Gasteiger partial charge in [0.2, 0.25) is 0 Å². The number of aromatic nitrogens is 2. The van der Waals surface area contributed by atoms with E-state index >= 15 is 0 Å². The van der Waals surface area contributed by atoms with Crippen molar-refractivity contribution in [3.8, 4) is 22.5 Å². The molecule has 172 valence electrons. The third-order valence-electron chi connectivity index (χ3n) is 4.25. The number of hydrogen-bond donors (Lipinski definition) is 1. The molecule has 4 aromatic rings. The number of aliphatic hydroxyl groups is 1. The van der Waals surface area contributed by atoms with Gasteiger partial charge in [0.1, 0.15) is 11.6 Å². The Kier molecular flexibility index (Phi) is 9.67. The third kappa shape index (κ3) is 6.53. The summed E-state index contributed by atoms with van der Waals surface area (Å²) in [6.07, 6.45) is 0. The van der Waals surface area contributed by atoms with E-state index in [0.717, 1.165) is 26.0 Å². The Morgan fingerprint density at radius 3 is 2.06 bits per heavy atom. The van der Waals surface area contributed by atoms with Gasteiger partial charge in [-0.25, -0.2) is 13.6 Å². The molecule has 0 amide bonds. The summed E-state index contributed by atoms with van der Waals surface area (Å²) in [6.45, 7) is 2.02. The van der Waals surface area contributed by atoms with E-state index < -0.39 is 5.97 Å².